The average Bonchev–Trinajstić information content (AvgIpc) is 2.16. The SMILES string of the molecule is CCN(c1cccc(O)c1)S(=O)(=O)C(C)(C)C. The van der Waals surface area contributed by atoms with Gasteiger partial charge in [-0.2, -0.15) is 0 Å². The maximum absolute atomic E-state index is 12.3. The highest BCUT2D eigenvalue weighted by Crippen LogP contribution is 2.28. The quantitative estimate of drug-likeness (QED) is 0.904. The van der Waals surface area contributed by atoms with Crippen LogP contribution in [0.5, 0.6) is 5.75 Å². The number of hydrogen-bond acceptors (Lipinski definition) is 3. The van der Waals surface area contributed by atoms with Crippen LogP contribution in [0.2, 0.25) is 0 Å². The number of sulfonamides is 1. The van der Waals surface area contributed by atoms with Crippen molar-refractivity contribution < 1.29 is 13.5 Å². The molecule has 17 heavy (non-hydrogen) atoms. The first kappa shape index (κ1) is 13.8. The van der Waals surface area contributed by atoms with E-state index >= 15 is 0 Å². The van der Waals surface area contributed by atoms with Crippen molar-refractivity contribution in [3.63, 3.8) is 0 Å². The topological polar surface area (TPSA) is 57.6 Å². The second kappa shape index (κ2) is 4.56. The summed E-state index contributed by atoms with van der Waals surface area (Å²) >= 11 is 0. The first-order chi connectivity index (χ1) is 7.70. The van der Waals surface area contributed by atoms with E-state index in [9.17, 15) is 13.5 Å². The fourth-order valence-electron chi connectivity index (χ4n) is 1.47. The summed E-state index contributed by atoms with van der Waals surface area (Å²) in [6.45, 7) is 7.09. The molecule has 0 amide bonds. The molecule has 1 aromatic carbocycles. The highest BCUT2D eigenvalue weighted by atomic mass is 32.2. The van der Waals surface area contributed by atoms with Gasteiger partial charge in [-0.05, 0) is 39.8 Å². The van der Waals surface area contributed by atoms with Crippen LogP contribution in [0.25, 0.3) is 0 Å². The number of hydrogen-bond donors (Lipinski definition) is 1. The molecule has 1 aromatic rings. The molecular formula is C12H19NO3S. The van der Waals surface area contributed by atoms with Gasteiger partial charge in [0.05, 0.1) is 10.4 Å². The summed E-state index contributed by atoms with van der Waals surface area (Å²) in [4.78, 5) is 0. The first-order valence-electron chi connectivity index (χ1n) is 5.51. The lowest BCUT2D eigenvalue weighted by molar-refractivity contribution is 0.475. The van der Waals surface area contributed by atoms with E-state index < -0.39 is 14.8 Å². The Labute approximate surface area is 103 Å². The van der Waals surface area contributed by atoms with Gasteiger partial charge in [0.25, 0.3) is 0 Å². The lowest BCUT2D eigenvalue weighted by Crippen LogP contribution is -2.43. The first-order valence-corrected chi connectivity index (χ1v) is 6.95. The minimum Gasteiger partial charge on any atom is -0.508 e. The van der Waals surface area contributed by atoms with Crippen LogP contribution in [-0.4, -0.2) is 24.8 Å². The molecule has 1 rings (SSSR count). The van der Waals surface area contributed by atoms with Gasteiger partial charge in [0.1, 0.15) is 5.75 Å². The van der Waals surface area contributed by atoms with E-state index in [2.05, 4.69) is 0 Å². The second-order valence-corrected chi connectivity index (χ2v) is 7.42. The maximum Gasteiger partial charge on any atom is 0.240 e. The van der Waals surface area contributed by atoms with E-state index in [4.69, 9.17) is 0 Å². The molecule has 0 heterocycles. The van der Waals surface area contributed by atoms with Gasteiger partial charge in [-0.1, -0.05) is 6.07 Å². The Bertz CT molecular complexity index is 489. The largest absolute Gasteiger partial charge is 0.508 e. The Morgan fingerprint density at radius 1 is 1.29 bits per heavy atom. The second-order valence-electron chi connectivity index (χ2n) is 4.80. The number of benzene rings is 1. The van der Waals surface area contributed by atoms with E-state index in [1.165, 1.54) is 16.4 Å². The molecule has 5 heteroatoms. The molecule has 0 atom stereocenters. The number of anilines is 1. The van der Waals surface area contributed by atoms with E-state index in [1.54, 1.807) is 39.8 Å². The van der Waals surface area contributed by atoms with E-state index in [0.29, 0.717) is 12.2 Å². The molecule has 0 aliphatic rings. The molecule has 0 aliphatic heterocycles. The van der Waals surface area contributed by atoms with Gasteiger partial charge in [0.15, 0.2) is 0 Å². The molecule has 4 nitrogen and oxygen atoms in total. The van der Waals surface area contributed by atoms with Gasteiger partial charge in [-0.3, -0.25) is 4.31 Å². The Balaban J connectivity index is 3.27. The Morgan fingerprint density at radius 3 is 2.29 bits per heavy atom. The summed E-state index contributed by atoms with van der Waals surface area (Å²) in [5, 5.41) is 9.40. The number of phenols is 1. The summed E-state index contributed by atoms with van der Waals surface area (Å²) in [6.07, 6.45) is 0. The Morgan fingerprint density at radius 2 is 1.88 bits per heavy atom. The Kier molecular flexibility index (Phi) is 3.71. The number of nitrogens with zero attached hydrogens (tertiary/aromatic N) is 1. The molecule has 0 saturated carbocycles. The van der Waals surface area contributed by atoms with Gasteiger partial charge in [0.2, 0.25) is 10.0 Å². The lowest BCUT2D eigenvalue weighted by atomic mass is 10.3. The fraction of sp³-hybridized carbons (Fsp3) is 0.500. The van der Waals surface area contributed by atoms with Crippen molar-refractivity contribution >= 4 is 15.7 Å². The van der Waals surface area contributed by atoms with Crippen LogP contribution < -0.4 is 4.31 Å². The predicted molar refractivity (Wildman–Crippen MR) is 69.8 cm³/mol. The highest BCUT2D eigenvalue weighted by Gasteiger charge is 2.34. The average molecular weight is 257 g/mol. The summed E-state index contributed by atoms with van der Waals surface area (Å²) in [5.41, 5.74) is 0.488. The van der Waals surface area contributed by atoms with Crippen molar-refractivity contribution in [3.05, 3.63) is 24.3 Å². The van der Waals surface area contributed by atoms with Gasteiger partial charge in [-0.25, -0.2) is 8.42 Å². The van der Waals surface area contributed by atoms with Crippen molar-refractivity contribution in [3.8, 4) is 5.75 Å². The zero-order chi connectivity index (χ0) is 13.3. The van der Waals surface area contributed by atoms with Crippen LogP contribution >= 0.6 is 0 Å². The summed E-state index contributed by atoms with van der Waals surface area (Å²) in [5.74, 6) is 0.0602. The van der Waals surface area contributed by atoms with Crippen LogP contribution in [0.15, 0.2) is 24.3 Å². The molecule has 0 aromatic heterocycles. The molecule has 0 bridgehead atoms. The standard InChI is InChI=1S/C12H19NO3S/c1-5-13(17(15,16)12(2,3)4)10-7-6-8-11(14)9-10/h6-9,14H,5H2,1-4H3. The fourth-order valence-corrected chi connectivity index (χ4v) is 2.86. The third-order valence-corrected chi connectivity index (χ3v) is 5.07. The van der Waals surface area contributed by atoms with Crippen molar-refractivity contribution in [2.75, 3.05) is 10.8 Å². The minimum atomic E-state index is -3.44. The van der Waals surface area contributed by atoms with Gasteiger partial charge < -0.3 is 5.11 Å². The van der Waals surface area contributed by atoms with Crippen LogP contribution in [-0.2, 0) is 10.0 Å². The van der Waals surface area contributed by atoms with Crippen LogP contribution in [0.4, 0.5) is 5.69 Å². The third kappa shape index (κ3) is 2.72. The van der Waals surface area contributed by atoms with E-state index in [-0.39, 0.29) is 5.75 Å². The molecular weight excluding hydrogens is 238 g/mol. The lowest BCUT2D eigenvalue weighted by Gasteiger charge is -2.30. The van der Waals surface area contributed by atoms with Gasteiger partial charge in [-0.15, -0.1) is 0 Å². The third-order valence-electron chi connectivity index (χ3n) is 2.47. The van der Waals surface area contributed by atoms with E-state index in [0.717, 1.165) is 0 Å². The molecule has 0 fully saturated rings. The monoisotopic (exact) mass is 257 g/mol. The smallest absolute Gasteiger partial charge is 0.240 e. The zero-order valence-corrected chi connectivity index (χ0v) is 11.5. The summed E-state index contributed by atoms with van der Waals surface area (Å²) in [7, 11) is -3.44. The predicted octanol–water partition coefficient (Wildman–Crippen LogP) is 2.35. The molecule has 0 saturated heterocycles. The highest BCUT2D eigenvalue weighted by molar-refractivity contribution is 7.94. The number of aromatic hydroxyl groups is 1. The zero-order valence-electron chi connectivity index (χ0n) is 10.6. The van der Waals surface area contributed by atoms with Gasteiger partial charge in [0, 0.05) is 12.6 Å². The molecule has 0 radical (unpaired) electrons. The van der Waals surface area contributed by atoms with Crippen LogP contribution in [0.3, 0.4) is 0 Å². The minimum absolute atomic E-state index is 0.0602. The summed E-state index contributed by atoms with van der Waals surface area (Å²) in [6, 6.07) is 6.27. The molecule has 0 spiro atoms. The molecule has 96 valence electrons. The van der Waals surface area contributed by atoms with Crippen LogP contribution in [0, 0.1) is 0 Å². The maximum atomic E-state index is 12.3. The van der Waals surface area contributed by atoms with Crippen molar-refractivity contribution in [2.45, 2.75) is 32.4 Å². The number of rotatable bonds is 3. The van der Waals surface area contributed by atoms with Gasteiger partial charge >= 0.3 is 0 Å². The van der Waals surface area contributed by atoms with Crippen molar-refractivity contribution in [1.82, 2.24) is 0 Å². The van der Waals surface area contributed by atoms with Crippen molar-refractivity contribution in [1.29, 1.82) is 0 Å². The van der Waals surface area contributed by atoms with Crippen LogP contribution in [0.1, 0.15) is 27.7 Å². The Hall–Kier alpha value is -1.23. The molecule has 1 N–H and O–H groups in total. The van der Waals surface area contributed by atoms with E-state index in [1.807, 2.05) is 0 Å². The normalized spacial score (nSPS) is 12.5. The molecule has 0 aliphatic carbocycles. The molecule has 0 unspecified atom stereocenters. The number of phenolic OH excluding ortho intramolecular Hbond substituents is 1. The summed E-state index contributed by atoms with van der Waals surface area (Å²) < 4.78 is 25.1. The van der Waals surface area contributed by atoms with Crippen molar-refractivity contribution in [2.24, 2.45) is 0 Å².